The number of hydrogen-bond donors (Lipinski definition) is 1. The van der Waals surface area contributed by atoms with E-state index < -0.39 is 0 Å². The van der Waals surface area contributed by atoms with Crippen LogP contribution in [0.1, 0.15) is 12.8 Å². The number of hydrogen-bond acceptors (Lipinski definition) is 2. The minimum Gasteiger partial charge on any atom is -0.336 e. The Morgan fingerprint density at radius 2 is 2.33 bits per heavy atom. The van der Waals surface area contributed by atoms with Crippen molar-refractivity contribution in [3.05, 3.63) is 12.7 Å². The fourth-order valence-corrected chi connectivity index (χ4v) is 1.76. The van der Waals surface area contributed by atoms with Gasteiger partial charge in [0, 0.05) is 25.2 Å². The molecule has 0 aromatic carbocycles. The third kappa shape index (κ3) is 1.25. The summed E-state index contributed by atoms with van der Waals surface area (Å²) in [6.07, 6.45) is 3.84. The van der Waals surface area contributed by atoms with Gasteiger partial charge in [0.05, 0.1) is 0 Å². The molecule has 66 valence electrons. The van der Waals surface area contributed by atoms with Crippen LogP contribution in [0.2, 0.25) is 0 Å². The molecule has 1 aliphatic carbocycles. The molecule has 0 radical (unpaired) electrons. The summed E-state index contributed by atoms with van der Waals surface area (Å²) in [5.41, 5.74) is 0.289. The van der Waals surface area contributed by atoms with Crippen LogP contribution in [0.25, 0.3) is 0 Å². The second-order valence-electron chi connectivity index (χ2n) is 3.67. The Morgan fingerprint density at radius 1 is 1.58 bits per heavy atom. The molecule has 1 saturated heterocycles. The third-order valence-electron chi connectivity index (χ3n) is 2.72. The first kappa shape index (κ1) is 7.80. The maximum Gasteiger partial charge on any atom is 0.246 e. The molecule has 0 atom stereocenters. The molecule has 2 aliphatic rings. The average Bonchev–Trinajstić information content (AvgIpc) is 2.84. The highest BCUT2D eigenvalue weighted by Gasteiger charge is 2.46. The van der Waals surface area contributed by atoms with E-state index in [9.17, 15) is 4.79 Å². The maximum absolute atomic E-state index is 11.3. The molecule has 1 heterocycles. The molecule has 2 rings (SSSR count). The van der Waals surface area contributed by atoms with Gasteiger partial charge in [0.25, 0.3) is 0 Å². The first-order valence-electron chi connectivity index (χ1n) is 4.42. The Hall–Kier alpha value is -0.830. The fraction of sp³-hybridized carbons (Fsp3) is 0.667. The summed E-state index contributed by atoms with van der Waals surface area (Å²) in [7, 11) is 0. The van der Waals surface area contributed by atoms with Gasteiger partial charge in [-0.05, 0) is 18.9 Å². The number of rotatable bonds is 1. The largest absolute Gasteiger partial charge is 0.336 e. The third-order valence-corrected chi connectivity index (χ3v) is 2.72. The van der Waals surface area contributed by atoms with Gasteiger partial charge >= 0.3 is 0 Å². The molecular formula is C9H14N2O. The summed E-state index contributed by atoms with van der Waals surface area (Å²) in [5, 5.41) is 3.45. The molecule has 2 fully saturated rings. The fourth-order valence-electron chi connectivity index (χ4n) is 1.76. The highest BCUT2D eigenvalue weighted by Crippen LogP contribution is 2.37. The van der Waals surface area contributed by atoms with Crippen molar-refractivity contribution in [1.29, 1.82) is 0 Å². The highest BCUT2D eigenvalue weighted by atomic mass is 16.2. The normalized spacial score (nSPS) is 25.5. The summed E-state index contributed by atoms with van der Waals surface area (Å²) in [4.78, 5) is 13.1. The molecule has 3 heteroatoms. The molecule has 1 spiro atoms. The number of carbonyl (C=O) groups excluding carboxylic acids is 1. The van der Waals surface area contributed by atoms with Crippen LogP contribution in [0.3, 0.4) is 0 Å². The number of amides is 1. The zero-order valence-corrected chi connectivity index (χ0v) is 7.18. The molecular weight excluding hydrogens is 152 g/mol. The van der Waals surface area contributed by atoms with E-state index in [1.54, 1.807) is 0 Å². The topological polar surface area (TPSA) is 32.3 Å². The monoisotopic (exact) mass is 166 g/mol. The number of nitrogens with one attached hydrogen (secondary N) is 1. The van der Waals surface area contributed by atoms with Crippen LogP contribution < -0.4 is 5.32 Å². The van der Waals surface area contributed by atoms with E-state index >= 15 is 0 Å². The van der Waals surface area contributed by atoms with Crippen LogP contribution in [0.5, 0.6) is 0 Å². The summed E-state index contributed by atoms with van der Waals surface area (Å²) in [6, 6.07) is 0. The smallest absolute Gasteiger partial charge is 0.246 e. The molecule has 1 saturated carbocycles. The minimum atomic E-state index is 0.0720. The standard InChI is InChI=1S/C9H14N2O/c1-2-8(12)11-6-5-10-9(7-11)3-4-9/h2,10H,1,3-7H2. The number of carbonyl (C=O) groups is 1. The van der Waals surface area contributed by atoms with Gasteiger partial charge in [-0.15, -0.1) is 0 Å². The second kappa shape index (κ2) is 2.59. The Balaban J connectivity index is 1.99. The molecule has 0 unspecified atom stereocenters. The number of piperazine rings is 1. The van der Waals surface area contributed by atoms with E-state index in [0.29, 0.717) is 0 Å². The molecule has 1 amide bonds. The first-order chi connectivity index (χ1) is 5.76. The predicted molar refractivity (Wildman–Crippen MR) is 46.7 cm³/mol. The van der Waals surface area contributed by atoms with Crippen LogP contribution in [0.4, 0.5) is 0 Å². The summed E-state index contributed by atoms with van der Waals surface area (Å²) in [6.45, 7) is 6.12. The van der Waals surface area contributed by atoms with E-state index in [-0.39, 0.29) is 11.4 Å². The van der Waals surface area contributed by atoms with Crippen molar-refractivity contribution >= 4 is 5.91 Å². The van der Waals surface area contributed by atoms with Gasteiger partial charge in [0.2, 0.25) is 5.91 Å². The average molecular weight is 166 g/mol. The molecule has 1 aliphatic heterocycles. The lowest BCUT2D eigenvalue weighted by molar-refractivity contribution is -0.127. The Kier molecular flexibility index (Phi) is 1.68. The molecule has 0 bridgehead atoms. The molecule has 3 nitrogen and oxygen atoms in total. The van der Waals surface area contributed by atoms with Crippen LogP contribution in [0, 0.1) is 0 Å². The summed E-state index contributed by atoms with van der Waals surface area (Å²) < 4.78 is 0. The van der Waals surface area contributed by atoms with E-state index in [1.165, 1.54) is 18.9 Å². The lowest BCUT2D eigenvalue weighted by Crippen LogP contribution is -2.53. The first-order valence-corrected chi connectivity index (χ1v) is 4.42. The Bertz CT molecular complexity index is 221. The van der Waals surface area contributed by atoms with Crippen molar-refractivity contribution in [3.63, 3.8) is 0 Å². The van der Waals surface area contributed by atoms with Crippen LogP contribution in [0.15, 0.2) is 12.7 Å². The van der Waals surface area contributed by atoms with Crippen molar-refractivity contribution in [2.24, 2.45) is 0 Å². The molecule has 0 aromatic rings. The van der Waals surface area contributed by atoms with Crippen molar-refractivity contribution in [2.75, 3.05) is 19.6 Å². The Labute approximate surface area is 72.4 Å². The predicted octanol–water partition coefficient (Wildman–Crippen LogP) is 0.137. The van der Waals surface area contributed by atoms with Crippen LogP contribution in [-0.4, -0.2) is 36.0 Å². The lowest BCUT2D eigenvalue weighted by Gasteiger charge is -2.33. The van der Waals surface area contributed by atoms with Crippen LogP contribution >= 0.6 is 0 Å². The van der Waals surface area contributed by atoms with E-state index in [4.69, 9.17) is 0 Å². The van der Waals surface area contributed by atoms with Gasteiger partial charge in [-0.3, -0.25) is 4.79 Å². The van der Waals surface area contributed by atoms with Gasteiger partial charge in [0.1, 0.15) is 0 Å². The van der Waals surface area contributed by atoms with Gasteiger partial charge in [-0.2, -0.15) is 0 Å². The minimum absolute atomic E-state index is 0.0720. The lowest BCUT2D eigenvalue weighted by atomic mass is 10.2. The second-order valence-corrected chi connectivity index (χ2v) is 3.67. The van der Waals surface area contributed by atoms with Gasteiger partial charge < -0.3 is 10.2 Å². The Morgan fingerprint density at radius 3 is 2.92 bits per heavy atom. The van der Waals surface area contributed by atoms with Gasteiger partial charge in [0.15, 0.2) is 0 Å². The quantitative estimate of drug-likeness (QED) is 0.562. The van der Waals surface area contributed by atoms with Crippen molar-refractivity contribution in [1.82, 2.24) is 10.2 Å². The van der Waals surface area contributed by atoms with Crippen molar-refractivity contribution in [2.45, 2.75) is 18.4 Å². The zero-order valence-electron chi connectivity index (χ0n) is 7.18. The summed E-state index contributed by atoms with van der Waals surface area (Å²) >= 11 is 0. The van der Waals surface area contributed by atoms with E-state index in [1.807, 2.05) is 4.90 Å². The van der Waals surface area contributed by atoms with E-state index in [0.717, 1.165) is 19.6 Å². The molecule has 0 aromatic heterocycles. The van der Waals surface area contributed by atoms with Crippen LogP contribution in [-0.2, 0) is 4.79 Å². The molecule has 12 heavy (non-hydrogen) atoms. The number of nitrogens with zero attached hydrogens (tertiary/aromatic N) is 1. The summed E-state index contributed by atoms with van der Waals surface area (Å²) in [5.74, 6) is 0.0720. The molecule has 1 N–H and O–H groups in total. The van der Waals surface area contributed by atoms with Crippen molar-refractivity contribution in [3.8, 4) is 0 Å². The van der Waals surface area contributed by atoms with Gasteiger partial charge in [-0.1, -0.05) is 6.58 Å². The van der Waals surface area contributed by atoms with E-state index in [2.05, 4.69) is 11.9 Å². The van der Waals surface area contributed by atoms with Gasteiger partial charge in [-0.25, -0.2) is 0 Å². The zero-order chi connectivity index (χ0) is 8.60. The maximum atomic E-state index is 11.3. The van der Waals surface area contributed by atoms with Crippen molar-refractivity contribution < 1.29 is 4.79 Å². The SMILES string of the molecule is C=CC(=O)N1CCNC2(CC2)C1. The highest BCUT2D eigenvalue weighted by molar-refractivity contribution is 5.87.